The molecule has 3 aromatic rings. The highest BCUT2D eigenvalue weighted by Crippen LogP contribution is 2.18. The van der Waals surface area contributed by atoms with Crippen molar-refractivity contribution >= 4 is 23.5 Å². The fraction of sp³-hybridized carbons (Fsp3) is 0.154. The maximum Gasteiger partial charge on any atom is 0.413 e. The zero-order valence-electron chi connectivity index (χ0n) is 12.3. The van der Waals surface area contributed by atoms with Gasteiger partial charge in [0.25, 0.3) is 0 Å². The number of aliphatic carboxylic acids is 1. The van der Waals surface area contributed by atoms with E-state index in [1.54, 1.807) is 6.07 Å². The molecule has 3 rings (SSSR count). The number of hydrogen-bond acceptors (Lipinski definition) is 7. The van der Waals surface area contributed by atoms with Crippen molar-refractivity contribution in [3.8, 4) is 11.6 Å². The lowest BCUT2D eigenvalue weighted by atomic mass is 10.3. The number of hydrogen-bond donors (Lipinski definition) is 2. The molecule has 0 bridgehead atoms. The molecule has 11 nitrogen and oxygen atoms in total. The molecule has 0 radical (unpaired) electrons. The highest BCUT2D eigenvalue weighted by atomic mass is 16.4. The van der Waals surface area contributed by atoms with Crippen LogP contribution in [0.3, 0.4) is 0 Å². The van der Waals surface area contributed by atoms with E-state index in [2.05, 4.69) is 25.3 Å². The van der Waals surface area contributed by atoms with Gasteiger partial charge in [-0.1, -0.05) is 0 Å². The van der Waals surface area contributed by atoms with Crippen molar-refractivity contribution in [2.24, 2.45) is 0 Å². The van der Waals surface area contributed by atoms with E-state index in [1.165, 1.54) is 36.0 Å². The zero-order chi connectivity index (χ0) is 17.3. The molecule has 3 heterocycles. The smallest absolute Gasteiger partial charge is 0.413 e. The number of amides is 1. The molecule has 0 saturated heterocycles. The average Bonchev–Trinajstić information content (AvgIpc) is 2.98. The minimum absolute atomic E-state index is 0.0816. The second kappa shape index (κ2) is 5.87. The number of carbonyl (C=O) groups is 2. The Balaban J connectivity index is 2.13. The number of carboxylic acids is 1. The van der Waals surface area contributed by atoms with E-state index in [0.717, 1.165) is 0 Å². The number of rotatable bonds is 4. The van der Waals surface area contributed by atoms with Gasteiger partial charge in [-0.05, 0) is 25.1 Å². The fourth-order valence-electron chi connectivity index (χ4n) is 2.03. The van der Waals surface area contributed by atoms with E-state index < -0.39 is 18.1 Å². The molecule has 3 aromatic heterocycles. The lowest BCUT2D eigenvalue weighted by molar-refractivity contribution is -0.138. The highest BCUT2D eigenvalue weighted by Gasteiger charge is 2.28. The summed E-state index contributed by atoms with van der Waals surface area (Å²) in [5.41, 5.74) is 0.342. The second-order valence-corrected chi connectivity index (χ2v) is 4.72. The molecule has 24 heavy (non-hydrogen) atoms. The van der Waals surface area contributed by atoms with Crippen molar-refractivity contribution in [2.75, 3.05) is 4.90 Å². The summed E-state index contributed by atoms with van der Waals surface area (Å²) in [6.45, 7) is 1.25. The van der Waals surface area contributed by atoms with Crippen LogP contribution < -0.4 is 4.90 Å². The first-order chi connectivity index (χ1) is 11.5. The van der Waals surface area contributed by atoms with Crippen LogP contribution in [0.2, 0.25) is 0 Å². The van der Waals surface area contributed by atoms with E-state index in [1.807, 2.05) is 0 Å². The molecular formula is C13H11N7O4. The van der Waals surface area contributed by atoms with Gasteiger partial charge in [0.05, 0.1) is 0 Å². The Morgan fingerprint density at radius 2 is 1.88 bits per heavy atom. The quantitative estimate of drug-likeness (QED) is 0.699. The van der Waals surface area contributed by atoms with Crippen molar-refractivity contribution in [3.05, 3.63) is 30.6 Å². The molecule has 0 fully saturated rings. The van der Waals surface area contributed by atoms with Gasteiger partial charge in [-0.25, -0.2) is 24.5 Å². The summed E-state index contributed by atoms with van der Waals surface area (Å²) in [6.07, 6.45) is 1.59. The van der Waals surface area contributed by atoms with Gasteiger partial charge >= 0.3 is 12.1 Å². The van der Waals surface area contributed by atoms with Crippen molar-refractivity contribution in [3.63, 3.8) is 0 Å². The van der Waals surface area contributed by atoms with Crippen LogP contribution in [-0.4, -0.2) is 58.1 Å². The Hall–Kier alpha value is -3.63. The first kappa shape index (κ1) is 15.3. The number of aromatic nitrogens is 6. The summed E-state index contributed by atoms with van der Waals surface area (Å²) in [6, 6.07) is 3.14. The van der Waals surface area contributed by atoms with E-state index >= 15 is 0 Å². The van der Waals surface area contributed by atoms with Gasteiger partial charge in [-0.15, -0.1) is 15.3 Å². The molecule has 0 aliphatic rings. The summed E-state index contributed by atoms with van der Waals surface area (Å²) in [7, 11) is 0. The molecule has 1 atom stereocenters. The molecule has 1 amide bonds. The Kier molecular flexibility index (Phi) is 3.74. The third-order valence-corrected chi connectivity index (χ3v) is 3.21. The van der Waals surface area contributed by atoms with Crippen LogP contribution in [0.25, 0.3) is 17.3 Å². The van der Waals surface area contributed by atoms with Crippen LogP contribution in [0.4, 0.5) is 10.6 Å². The van der Waals surface area contributed by atoms with Gasteiger partial charge in [-0.2, -0.15) is 4.52 Å². The van der Waals surface area contributed by atoms with E-state index in [4.69, 9.17) is 5.11 Å². The lowest BCUT2D eigenvalue weighted by Crippen LogP contribution is -2.43. The molecule has 0 aliphatic carbocycles. The van der Waals surface area contributed by atoms with Crippen LogP contribution in [0.15, 0.2) is 30.6 Å². The molecule has 2 N–H and O–H groups in total. The van der Waals surface area contributed by atoms with Gasteiger partial charge in [0.1, 0.15) is 6.04 Å². The Labute approximate surface area is 134 Å². The fourth-order valence-corrected chi connectivity index (χ4v) is 2.03. The summed E-state index contributed by atoms with van der Waals surface area (Å²) in [5.74, 6) is -0.917. The first-order valence-electron chi connectivity index (χ1n) is 6.74. The predicted molar refractivity (Wildman–Crippen MR) is 79.4 cm³/mol. The standard InChI is InChI=1S/C13H11N7O4/c1-7(12(21)22)19(13(23)24)9-4-3-8-16-17-11(20(8)18-9)10-14-5-2-6-15-10/h2-7H,1H3,(H,21,22)(H,23,24). The maximum atomic E-state index is 11.4. The number of carboxylic acid groups (broad SMARTS) is 2. The van der Waals surface area contributed by atoms with E-state index in [9.17, 15) is 14.7 Å². The Morgan fingerprint density at radius 3 is 2.50 bits per heavy atom. The van der Waals surface area contributed by atoms with Gasteiger partial charge in [0.15, 0.2) is 17.3 Å². The maximum absolute atomic E-state index is 11.4. The van der Waals surface area contributed by atoms with Crippen LogP contribution in [0, 0.1) is 0 Å². The molecule has 11 heteroatoms. The minimum Gasteiger partial charge on any atom is -0.480 e. The molecule has 0 aliphatic heterocycles. The summed E-state index contributed by atoms with van der Waals surface area (Å²) < 4.78 is 1.26. The zero-order valence-corrected chi connectivity index (χ0v) is 12.3. The molecular weight excluding hydrogens is 318 g/mol. The topological polar surface area (TPSA) is 147 Å². The SMILES string of the molecule is CC(C(=O)O)N(C(=O)O)c1ccc2nnc(-c3ncccn3)n2n1. The summed E-state index contributed by atoms with van der Waals surface area (Å²) in [5, 5.41) is 30.4. The van der Waals surface area contributed by atoms with Crippen LogP contribution in [0.5, 0.6) is 0 Å². The van der Waals surface area contributed by atoms with Gasteiger partial charge in [-0.3, -0.25) is 0 Å². The molecule has 0 spiro atoms. The van der Waals surface area contributed by atoms with Crippen LogP contribution >= 0.6 is 0 Å². The normalized spacial score (nSPS) is 12.0. The van der Waals surface area contributed by atoms with Gasteiger partial charge in [0.2, 0.25) is 5.82 Å². The predicted octanol–water partition coefficient (Wildman–Crippen LogP) is 0.539. The van der Waals surface area contributed by atoms with Crippen LogP contribution in [-0.2, 0) is 4.79 Å². The average molecular weight is 329 g/mol. The first-order valence-corrected chi connectivity index (χ1v) is 6.74. The van der Waals surface area contributed by atoms with Gasteiger partial charge in [0, 0.05) is 12.4 Å². The third-order valence-electron chi connectivity index (χ3n) is 3.21. The number of anilines is 1. The molecule has 0 saturated carbocycles. The van der Waals surface area contributed by atoms with Crippen molar-refractivity contribution < 1.29 is 19.8 Å². The molecule has 0 aromatic carbocycles. The van der Waals surface area contributed by atoms with Crippen molar-refractivity contribution in [2.45, 2.75) is 13.0 Å². The number of fused-ring (bicyclic) bond motifs is 1. The highest BCUT2D eigenvalue weighted by molar-refractivity contribution is 5.93. The molecule has 122 valence electrons. The van der Waals surface area contributed by atoms with E-state index in [-0.39, 0.29) is 17.5 Å². The third kappa shape index (κ3) is 2.58. The number of nitrogens with zero attached hydrogens (tertiary/aromatic N) is 7. The minimum atomic E-state index is -1.44. The van der Waals surface area contributed by atoms with Gasteiger partial charge < -0.3 is 10.2 Å². The Bertz CT molecular complexity index is 911. The van der Waals surface area contributed by atoms with Crippen LogP contribution in [0.1, 0.15) is 6.92 Å². The lowest BCUT2D eigenvalue weighted by Gasteiger charge is -2.21. The monoisotopic (exact) mass is 329 g/mol. The van der Waals surface area contributed by atoms with E-state index in [0.29, 0.717) is 10.5 Å². The second-order valence-electron chi connectivity index (χ2n) is 4.72. The largest absolute Gasteiger partial charge is 0.480 e. The summed E-state index contributed by atoms with van der Waals surface area (Å²) >= 11 is 0. The Morgan fingerprint density at radius 1 is 1.17 bits per heavy atom. The van der Waals surface area contributed by atoms with Crippen molar-refractivity contribution in [1.29, 1.82) is 0 Å². The summed E-state index contributed by atoms with van der Waals surface area (Å²) in [4.78, 5) is 31.3. The molecule has 1 unspecified atom stereocenters. The van der Waals surface area contributed by atoms with Crippen molar-refractivity contribution in [1.82, 2.24) is 29.8 Å².